The molecule has 0 saturated heterocycles. The Morgan fingerprint density at radius 3 is 2.60 bits per heavy atom. The Morgan fingerprint density at radius 2 is 1.92 bits per heavy atom. The van der Waals surface area contributed by atoms with Crippen LogP contribution in [0.2, 0.25) is 10.0 Å². The summed E-state index contributed by atoms with van der Waals surface area (Å²) in [6.07, 6.45) is 3.65. The van der Waals surface area contributed by atoms with Crippen molar-refractivity contribution in [2.45, 2.75) is 36.1 Å². The lowest BCUT2D eigenvalue weighted by atomic mass is 10.2. The Labute approximate surface area is 158 Å². The zero-order chi connectivity index (χ0) is 18.0. The minimum Gasteiger partial charge on any atom is -0.296 e. The van der Waals surface area contributed by atoms with Gasteiger partial charge in [-0.05, 0) is 31.0 Å². The van der Waals surface area contributed by atoms with Gasteiger partial charge in [0.2, 0.25) is 9.47 Å². The van der Waals surface area contributed by atoms with Crippen molar-refractivity contribution in [1.29, 1.82) is 0 Å². The maximum atomic E-state index is 12.3. The number of sulfonamides is 1. The van der Waals surface area contributed by atoms with Crippen LogP contribution in [0.3, 0.4) is 0 Å². The number of carbonyl (C=O) groups excluding carboxylic acids is 1. The first kappa shape index (κ1) is 18.5. The first-order valence-electron chi connectivity index (χ1n) is 7.47. The van der Waals surface area contributed by atoms with Crippen molar-refractivity contribution in [3.8, 4) is 0 Å². The van der Waals surface area contributed by atoms with Gasteiger partial charge in [0.1, 0.15) is 0 Å². The van der Waals surface area contributed by atoms with Gasteiger partial charge in [-0.2, -0.15) is 0 Å². The quantitative estimate of drug-likeness (QED) is 0.722. The molecule has 25 heavy (non-hydrogen) atoms. The third-order valence-corrected chi connectivity index (χ3v) is 6.98. The fourth-order valence-electron chi connectivity index (χ4n) is 2.52. The maximum absolute atomic E-state index is 12.3. The number of aromatic nitrogens is 2. The van der Waals surface area contributed by atoms with Gasteiger partial charge in [-0.1, -0.05) is 47.4 Å². The molecular weight excluding hydrogens is 407 g/mol. The molecule has 1 heterocycles. The first-order chi connectivity index (χ1) is 11.8. The van der Waals surface area contributed by atoms with Gasteiger partial charge in [-0.25, -0.2) is 13.1 Å². The van der Waals surface area contributed by atoms with Crippen LogP contribution in [0.1, 0.15) is 36.0 Å². The Hall–Kier alpha value is -1.26. The number of anilines is 1. The maximum Gasteiger partial charge on any atom is 0.270 e. The molecule has 0 aliphatic heterocycles. The molecule has 0 bridgehead atoms. The lowest BCUT2D eigenvalue weighted by Gasteiger charge is -2.09. The fourth-order valence-corrected chi connectivity index (χ4v) is 5.23. The summed E-state index contributed by atoms with van der Waals surface area (Å²) in [6.45, 7) is 0. The number of amides is 1. The normalized spacial score (nSPS) is 15.4. The third kappa shape index (κ3) is 4.48. The van der Waals surface area contributed by atoms with Gasteiger partial charge in [0.25, 0.3) is 15.9 Å². The molecule has 1 aromatic carbocycles. The highest BCUT2D eigenvalue weighted by atomic mass is 35.5. The van der Waals surface area contributed by atoms with Gasteiger partial charge >= 0.3 is 0 Å². The number of hydrogen-bond donors (Lipinski definition) is 2. The number of hydrogen-bond acceptors (Lipinski definition) is 6. The van der Waals surface area contributed by atoms with Gasteiger partial charge in [-0.3, -0.25) is 10.1 Å². The van der Waals surface area contributed by atoms with E-state index in [-0.39, 0.29) is 26.1 Å². The third-order valence-electron chi connectivity index (χ3n) is 3.71. The predicted octanol–water partition coefficient (Wildman–Crippen LogP) is 3.32. The van der Waals surface area contributed by atoms with Crippen molar-refractivity contribution in [3.05, 3.63) is 33.8 Å². The van der Waals surface area contributed by atoms with Crippen molar-refractivity contribution >= 4 is 55.6 Å². The number of carbonyl (C=O) groups is 1. The second-order valence-electron chi connectivity index (χ2n) is 5.55. The van der Waals surface area contributed by atoms with Crippen LogP contribution in [0.15, 0.2) is 22.5 Å². The number of rotatable bonds is 5. The molecule has 2 N–H and O–H groups in total. The molecule has 0 atom stereocenters. The lowest BCUT2D eigenvalue weighted by molar-refractivity contribution is 0.102. The second-order valence-corrected chi connectivity index (χ2v) is 9.26. The van der Waals surface area contributed by atoms with E-state index in [4.69, 9.17) is 23.2 Å². The number of halogens is 2. The van der Waals surface area contributed by atoms with Crippen molar-refractivity contribution in [1.82, 2.24) is 14.9 Å². The van der Waals surface area contributed by atoms with E-state index in [1.807, 2.05) is 0 Å². The fraction of sp³-hybridized carbons (Fsp3) is 0.357. The Balaban J connectivity index is 1.71. The molecule has 1 aliphatic rings. The van der Waals surface area contributed by atoms with Gasteiger partial charge in [0.05, 0.1) is 10.6 Å². The number of nitrogens with zero attached hydrogens (tertiary/aromatic N) is 2. The van der Waals surface area contributed by atoms with E-state index in [0.717, 1.165) is 37.0 Å². The molecule has 1 amide bonds. The summed E-state index contributed by atoms with van der Waals surface area (Å²) >= 11 is 12.6. The van der Waals surface area contributed by atoms with Crippen LogP contribution < -0.4 is 10.0 Å². The Morgan fingerprint density at radius 1 is 1.20 bits per heavy atom. The van der Waals surface area contributed by atoms with Crippen molar-refractivity contribution in [3.63, 3.8) is 0 Å². The van der Waals surface area contributed by atoms with E-state index in [1.54, 1.807) is 0 Å². The molecule has 0 radical (unpaired) electrons. The van der Waals surface area contributed by atoms with Crippen molar-refractivity contribution in [2.24, 2.45) is 0 Å². The predicted molar refractivity (Wildman–Crippen MR) is 96.9 cm³/mol. The summed E-state index contributed by atoms with van der Waals surface area (Å²) < 4.78 is 27.0. The zero-order valence-corrected chi connectivity index (χ0v) is 16.0. The van der Waals surface area contributed by atoms with E-state index in [9.17, 15) is 13.2 Å². The minimum atomic E-state index is -3.74. The summed E-state index contributed by atoms with van der Waals surface area (Å²) in [6, 6.07) is 4.38. The first-order valence-corrected chi connectivity index (χ1v) is 10.5. The molecule has 1 saturated carbocycles. The van der Waals surface area contributed by atoms with Gasteiger partial charge in [-0.15, -0.1) is 10.2 Å². The highest BCUT2D eigenvalue weighted by Crippen LogP contribution is 2.25. The van der Waals surface area contributed by atoms with Gasteiger partial charge in [0, 0.05) is 11.1 Å². The van der Waals surface area contributed by atoms with Gasteiger partial charge in [0.15, 0.2) is 0 Å². The molecule has 134 valence electrons. The van der Waals surface area contributed by atoms with Crippen molar-refractivity contribution < 1.29 is 13.2 Å². The topological polar surface area (TPSA) is 101 Å². The minimum absolute atomic E-state index is 0.0696. The molecule has 11 heteroatoms. The Kier molecular flexibility index (Phi) is 5.59. The number of nitrogens with one attached hydrogen (secondary N) is 2. The average molecular weight is 421 g/mol. The molecule has 0 unspecified atom stereocenters. The summed E-state index contributed by atoms with van der Waals surface area (Å²) in [7, 11) is -3.74. The molecule has 0 spiro atoms. The van der Waals surface area contributed by atoms with Crippen LogP contribution in [0.25, 0.3) is 0 Å². The van der Waals surface area contributed by atoms with Crippen LogP contribution in [0.4, 0.5) is 5.13 Å². The molecule has 1 fully saturated rings. The van der Waals surface area contributed by atoms with Crippen LogP contribution in [-0.2, 0) is 10.0 Å². The summed E-state index contributed by atoms with van der Waals surface area (Å²) in [5.74, 6) is -0.523. The Bertz CT molecular complexity index is 895. The monoisotopic (exact) mass is 420 g/mol. The highest BCUT2D eigenvalue weighted by molar-refractivity contribution is 7.91. The molecule has 1 aliphatic carbocycles. The smallest absolute Gasteiger partial charge is 0.270 e. The van der Waals surface area contributed by atoms with Crippen LogP contribution in [-0.4, -0.2) is 30.6 Å². The summed E-state index contributed by atoms with van der Waals surface area (Å²) in [5, 5.41) is 10.5. The second kappa shape index (κ2) is 7.55. The average Bonchev–Trinajstić information content (AvgIpc) is 3.18. The van der Waals surface area contributed by atoms with Crippen LogP contribution in [0.5, 0.6) is 0 Å². The summed E-state index contributed by atoms with van der Waals surface area (Å²) in [4.78, 5) is 12.2. The van der Waals surface area contributed by atoms with Crippen molar-refractivity contribution in [2.75, 3.05) is 5.32 Å². The standard InChI is InChI=1S/C14H14Cl2N4O3S2/c15-8-5-6-10(11(16)7-8)12(21)17-13-18-19-14(24-13)25(22,23)20-9-3-1-2-4-9/h5-7,9,20H,1-4H2,(H,17,18,21). The van der Waals surface area contributed by atoms with Crippen LogP contribution >= 0.6 is 34.5 Å². The molecule has 2 aromatic rings. The van der Waals surface area contributed by atoms with E-state index in [1.165, 1.54) is 18.2 Å². The van der Waals surface area contributed by atoms with E-state index in [0.29, 0.717) is 5.02 Å². The van der Waals surface area contributed by atoms with E-state index < -0.39 is 15.9 Å². The molecule has 1 aromatic heterocycles. The highest BCUT2D eigenvalue weighted by Gasteiger charge is 2.26. The largest absolute Gasteiger partial charge is 0.296 e. The van der Waals surface area contributed by atoms with E-state index >= 15 is 0 Å². The molecular formula is C14H14Cl2N4O3S2. The number of benzene rings is 1. The SMILES string of the molecule is O=C(Nc1nnc(S(=O)(=O)NC2CCCC2)s1)c1ccc(Cl)cc1Cl. The van der Waals surface area contributed by atoms with Gasteiger partial charge < -0.3 is 0 Å². The summed E-state index contributed by atoms with van der Waals surface area (Å²) in [5.41, 5.74) is 0.203. The zero-order valence-electron chi connectivity index (χ0n) is 12.8. The lowest BCUT2D eigenvalue weighted by Crippen LogP contribution is -2.32. The molecule has 7 nitrogen and oxygen atoms in total. The van der Waals surface area contributed by atoms with Crippen LogP contribution in [0, 0.1) is 0 Å². The molecule has 3 rings (SSSR count). The van der Waals surface area contributed by atoms with E-state index in [2.05, 4.69) is 20.2 Å².